The molecule has 0 saturated heterocycles. The zero-order valence-electron chi connectivity index (χ0n) is 8.95. The van der Waals surface area contributed by atoms with Gasteiger partial charge in [-0.2, -0.15) is 0 Å². The van der Waals surface area contributed by atoms with Crippen LogP contribution in [0.1, 0.15) is 33.1 Å². The van der Waals surface area contributed by atoms with Crippen LogP contribution in [0, 0.1) is 17.3 Å². The van der Waals surface area contributed by atoms with Gasteiger partial charge in [0, 0.05) is 12.0 Å². The van der Waals surface area contributed by atoms with Crippen molar-refractivity contribution < 1.29 is 9.53 Å². The van der Waals surface area contributed by atoms with Gasteiger partial charge < -0.3 is 4.74 Å². The summed E-state index contributed by atoms with van der Waals surface area (Å²) >= 11 is 0. The van der Waals surface area contributed by atoms with Crippen LogP contribution in [0.5, 0.6) is 0 Å². The average molecular weight is 194 g/mol. The lowest BCUT2D eigenvalue weighted by Gasteiger charge is -2.35. The monoisotopic (exact) mass is 194 g/mol. The summed E-state index contributed by atoms with van der Waals surface area (Å²) in [5.41, 5.74) is 0.356. The van der Waals surface area contributed by atoms with Crippen LogP contribution in [0.15, 0.2) is 12.7 Å². The topological polar surface area (TPSA) is 26.3 Å². The number of esters is 1. The fraction of sp³-hybridized carbons (Fsp3) is 0.750. The zero-order chi connectivity index (χ0) is 10.3. The minimum Gasteiger partial charge on any atom is -0.459 e. The van der Waals surface area contributed by atoms with Gasteiger partial charge in [0.05, 0.1) is 0 Å². The van der Waals surface area contributed by atoms with E-state index in [1.165, 1.54) is 18.9 Å². The highest BCUT2D eigenvalue weighted by Gasteiger charge is 2.52. The molecule has 3 atom stereocenters. The summed E-state index contributed by atoms with van der Waals surface area (Å²) in [6.45, 7) is 7.99. The molecule has 0 aromatic carbocycles. The third-order valence-electron chi connectivity index (χ3n) is 3.85. The van der Waals surface area contributed by atoms with Crippen molar-refractivity contribution >= 4 is 5.97 Å². The summed E-state index contributed by atoms with van der Waals surface area (Å²) in [7, 11) is 0. The second kappa shape index (κ2) is 3.11. The molecule has 78 valence electrons. The summed E-state index contributed by atoms with van der Waals surface area (Å²) in [6.07, 6.45) is 5.00. The standard InChI is InChI=1S/C12H18O2/c1-4-11(13)14-10-6-8-5-9(10)12(2,3)7-8/h4,8-10H,1,5-7H2,2-3H3. The smallest absolute Gasteiger partial charge is 0.330 e. The molecule has 0 N–H and O–H groups in total. The van der Waals surface area contributed by atoms with Crippen LogP contribution < -0.4 is 0 Å². The van der Waals surface area contributed by atoms with Crippen LogP contribution in [0.3, 0.4) is 0 Å². The van der Waals surface area contributed by atoms with Gasteiger partial charge in [-0.1, -0.05) is 20.4 Å². The highest BCUT2D eigenvalue weighted by Crippen LogP contribution is 2.56. The molecule has 2 nitrogen and oxygen atoms in total. The summed E-state index contributed by atoms with van der Waals surface area (Å²) < 4.78 is 5.37. The quantitative estimate of drug-likeness (QED) is 0.499. The Hall–Kier alpha value is -0.790. The number of rotatable bonds is 2. The van der Waals surface area contributed by atoms with E-state index in [9.17, 15) is 4.79 Å². The van der Waals surface area contributed by atoms with Crippen LogP contribution in [-0.4, -0.2) is 12.1 Å². The normalized spacial score (nSPS) is 38.3. The highest BCUT2D eigenvalue weighted by molar-refractivity contribution is 5.81. The summed E-state index contributed by atoms with van der Waals surface area (Å²) in [5, 5.41) is 0. The number of ether oxygens (including phenoxy) is 1. The first-order valence-corrected chi connectivity index (χ1v) is 5.36. The van der Waals surface area contributed by atoms with Gasteiger partial charge in [-0.05, 0) is 30.6 Å². The number of hydrogen-bond donors (Lipinski definition) is 0. The first-order chi connectivity index (χ1) is 6.53. The fourth-order valence-corrected chi connectivity index (χ4v) is 3.31. The minimum absolute atomic E-state index is 0.147. The van der Waals surface area contributed by atoms with Gasteiger partial charge in [0.15, 0.2) is 0 Å². The molecular weight excluding hydrogens is 176 g/mol. The van der Waals surface area contributed by atoms with Gasteiger partial charge in [-0.15, -0.1) is 0 Å². The van der Waals surface area contributed by atoms with Gasteiger partial charge in [0.2, 0.25) is 0 Å². The predicted octanol–water partition coefficient (Wildman–Crippen LogP) is 2.54. The van der Waals surface area contributed by atoms with Crippen LogP contribution in [0.4, 0.5) is 0 Å². The maximum Gasteiger partial charge on any atom is 0.330 e. The highest BCUT2D eigenvalue weighted by atomic mass is 16.5. The van der Waals surface area contributed by atoms with Gasteiger partial charge in [0.1, 0.15) is 6.10 Å². The Morgan fingerprint density at radius 1 is 1.50 bits per heavy atom. The number of carbonyl (C=O) groups is 1. The van der Waals surface area contributed by atoms with Crippen LogP contribution >= 0.6 is 0 Å². The molecule has 0 aromatic rings. The van der Waals surface area contributed by atoms with Crippen molar-refractivity contribution in [3.8, 4) is 0 Å². The maximum atomic E-state index is 11.1. The molecule has 2 aliphatic rings. The summed E-state index contributed by atoms with van der Waals surface area (Å²) in [5.74, 6) is 1.08. The van der Waals surface area contributed by atoms with Crippen molar-refractivity contribution in [3.05, 3.63) is 12.7 Å². The third-order valence-corrected chi connectivity index (χ3v) is 3.85. The fourth-order valence-electron chi connectivity index (χ4n) is 3.31. The SMILES string of the molecule is C=CC(=O)OC1CC2CC1C(C)(C)C2. The minimum atomic E-state index is -0.265. The second-order valence-corrected chi connectivity index (χ2v) is 5.32. The largest absolute Gasteiger partial charge is 0.459 e. The Balaban J connectivity index is 2.03. The lowest BCUT2D eigenvalue weighted by atomic mass is 9.75. The first kappa shape index (κ1) is 9.75. The number of carbonyl (C=O) groups excluding carboxylic acids is 1. The van der Waals surface area contributed by atoms with E-state index in [0.717, 1.165) is 12.3 Å². The lowest BCUT2D eigenvalue weighted by Crippen LogP contribution is -2.34. The van der Waals surface area contributed by atoms with E-state index >= 15 is 0 Å². The van der Waals surface area contributed by atoms with E-state index in [2.05, 4.69) is 20.4 Å². The van der Waals surface area contributed by atoms with E-state index in [-0.39, 0.29) is 12.1 Å². The van der Waals surface area contributed by atoms with Crippen molar-refractivity contribution in [2.24, 2.45) is 17.3 Å². The Morgan fingerprint density at radius 3 is 2.71 bits per heavy atom. The molecule has 0 amide bonds. The van der Waals surface area contributed by atoms with E-state index < -0.39 is 0 Å². The molecule has 0 aromatic heterocycles. The van der Waals surface area contributed by atoms with E-state index in [1.807, 2.05) is 0 Å². The second-order valence-electron chi connectivity index (χ2n) is 5.32. The van der Waals surface area contributed by atoms with E-state index in [0.29, 0.717) is 11.3 Å². The van der Waals surface area contributed by atoms with Gasteiger partial charge in [-0.3, -0.25) is 0 Å². The van der Waals surface area contributed by atoms with Gasteiger partial charge >= 0.3 is 5.97 Å². The number of fused-ring (bicyclic) bond motifs is 2. The molecule has 2 bridgehead atoms. The van der Waals surface area contributed by atoms with Gasteiger partial charge in [-0.25, -0.2) is 4.79 Å². The maximum absolute atomic E-state index is 11.1. The average Bonchev–Trinajstić information content (AvgIpc) is 2.58. The molecule has 3 unspecified atom stereocenters. The Kier molecular flexibility index (Phi) is 2.17. The molecule has 2 heteroatoms. The molecule has 2 rings (SSSR count). The van der Waals surface area contributed by atoms with E-state index in [1.54, 1.807) is 0 Å². The summed E-state index contributed by atoms with van der Waals surface area (Å²) in [4.78, 5) is 11.1. The third kappa shape index (κ3) is 1.47. The van der Waals surface area contributed by atoms with Crippen LogP contribution in [-0.2, 0) is 9.53 Å². The van der Waals surface area contributed by atoms with Crippen LogP contribution in [0.25, 0.3) is 0 Å². The predicted molar refractivity (Wildman–Crippen MR) is 54.7 cm³/mol. The Morgan fingerprint density at radius 2 is 2.21 bits per heavy atom. The zero-order valence-corrected chi connectivity index (χ0v) is 8.95. The molecule has 2 fully saturated rings. The van der Waals surface area contributed by atoms with Crippen molar-refractivity contribution in [2.75, 3.05) is 0 Å². The van der Waals surface area contributed by atoms with Crippen molar-refractivity contribution in [3.63, 3.8) is 0 Å². The Bertz CT molecular complexity index is 267. The van der Waals surface area contributed by atoms with Crippen LogP contribution in [0.2, 0.25) is 0 Å². The molecular formula is C12H18O2. The molecule has 2 saturated carbocycles. The number of hydrogen-bond acceptors (Lipinski definition) is 2. The van der Waals surface area contributed by atoms with Crippen molar-refractivity contribution in [1.82, 2.24) is 0 Å². The molecule has 0 radical (unpaired) electrons. The van der Waals surface area contributed by atoms with Crippen molar-refractivity contribution in [2.45, 2.75) is 39.2 Å². The lowest BCUT2D eigenvalue weighted by molar-refractivity contribution is -0.147. The van der Waals surface area contributed by atoms with Gasteiger partial charge in [0.25, 0.3) is 0 Å². The Labute approximate surface area is 85.3 Å². The molecule has 14 heavy (non-hydrogen) atoms. The first-order valence-electron chi connectivity index (χ1n) is 5.36. The molecule has 0 aliphatic heterocycles. The summed E-state index contributed by atoms with van der Waals surface area (Å²) in [6, 6.07) is 0. The van der Waals surface area contributed by atoms with Crippen molar-refractivity contribution in [1.29, 1.82) is 0 Å². The molecule has 2 aliphatic carbocycles. The van der Waals surface area contributed by atoms with E-state index in [4.69, 9.17) is 4.74 Å². The molecule has 0 spiro atoms. The molecule has 0 heterocycles.